The lowest BCUT2D eigenvalue weighted by atomic mass is 9.97. The van der Waals surface area contributed by atoms with Gasteiger partial charge in [-0.05, 0) is 39.2 Å². The highest BCUT2D eigenvalue weighted by Gasteiger charge is 2.08. The largest absolute Gasteiger partial charge is 0.394 e. The van der Waals surface area contributed by atoms with Gasteiger partial charge < -0.3 is 21.7 Å². The van der Waals surface area contributed by atoms with Crippen molar-refractivity contribution in [1.29, 1.82) is 0 Å². The van der Waals surface area contributed by atoms with E-state index in [1.807, 2.05) is 24.3 Å². The lowest BCUT2D eigenvalue weighted by Gasteiger charge is -2.11. The van der Waals surface area contributed by atoms with Crippen LogP contribution >= 0.6 is 0 Å². The predicted molar refractivity (Wildman–Crippen MR) is 117 cm³/mol. The summed E-state index contributed by atoms with van der Waals surface area (Å²) in [4.78, 5) is 19.2. The van der Waals surface area contributed by atoms with E-state index in [1.165, 1.54) is 16.2 Å². The van der Waals surface area contributed by atoms with Crippen LogP contribution in [-0.2, 0) is 16.0 Å². The van der Waals surface area contributed by atoms with Crippen molar-refractivity contribution in [2.24, 2.45) is 11.5 Å². The number of hydrogen-bond acceptors (Lipinski definition) is 4. The number of benzene rings is 3. The molecule has 6 N–H and O–H groups in total. The van der Waals surface area contributed by atoms with Crippen LogP contribution < -0.4 is 11.5 Å². The molecule has 0 aliphatic carbocycles. The summed E-state index contributed by atoms with van der Waals surface area (Å²) in [7, 11) is 0. The summed E-state index contributed by atoms with van der Waals surface area (Å²) < 4.78 is 0. The molecule has 0 bridgehead atoms. The average Bonchev–Trinajstić information content (AvgIpc) is 2.73. The van der Waals surface area contributed by atoms with Crippen LogP contribution in [0.3, 0.4) is 0 Å². The molecule has 6 heteroatoms. The second-order valence-electron chi connectivity index (χ2n) is 6.52. The van der Waals surface area contributed by atoms with Crippen molar-refractivity contribution in [3.05, 3.63) is 60.2 Å². The first kappa shape index (κ1) is 24.1. The van der Waals surface area contributed by atoms with Gasteiger partial charge in [-0.25, -0.2) is 0 Å². The molecule has 0 heterocycles. The first-order valence-corrected chi connectivity index (χ1v) is 9.58. The molecule has 0 aliphatic heterocycles. The van der Waals surface area contributed by atoms with Gasteiger partial charge in [0, 0.05) is 19.3 Å². The zero-order valence-electron chi connectivity index (χ0n) is 17.0. The first-order valence-electron chi connectivity index (χ1n) is 9.58. The normalized spacial score (nSPS) is 11.0. The molecule has 1 atom stereocenters. The van der Waals surface area contributed by atoms with Crippen LogP contribution in [0.1, 0.15) is 32.3 Å². The fourth-order valence-corrected chi connectivity index (χ4v) is 2.53. The maximum Gasteiger partial charge on any atom is 0.217 e. The molecular weight excluding hydrogens is 368 g/mol. The summed E-state index contributed by atoms with van der Waals surface area (Å²) in [6.45, 7) is 3.24. The van der Waals surface area contributed by atoms with Crippen molar-refractivity contribution in [3.8, 4) is 0 Å². The highest BCUT2D eigenvalue weighted by atomic mass is 16.3. The molecule has 0 fully saturated rings. The Balaban J connectivity index is 0.000000353. The number of rotatable bonds is 5. The van der Waals surface area contributed by atoms with Crippen molar-refractivity contribution >= 4 is 33.4 Å². The molecule has 0 aliphatic rings. The number of carbonyl (C=O) groups excluding carboxylic acids is 2. The monoisotopic (exact) mass is 398 g/mol. The van der Waals surface area contributed by atoms with E-state index in [0.717, 1.165) is 10.9 Å². The Morgan fingerprint density at radius 3 is 1.83 bits per heavy atom. The molecule has 3 aromatic carbocycles. The van der Waals surface area contributed by atoms with Gasteiger partial charge in [0.05, 0.1) is 12.7 Å². The van der Waals surface area contributed by atoms with Gasteiger partial charge in [0.1, 0.15) is 0 Å². The Kier molecular flexibility index (Phi) is 10.4. The third kappa shape index (κ3) is 8.29. The number of amides is 2. The van der Waals surface area contributed by atoms with E-state index >= 15 is 0 Å². The van der Waals surface area contributed by atoms with Crippen LogP contribution in [0.5, 0.6) is 0 Å². The van der Waals surface area contributed by atoms with Crippen molar-refractivity contribution in [3.63, 3.8) is 0 Å². The third-order valence-corrected chi connectivity index (χ3v) is 4.20. The fraction of sp³-hybridized carbons (Fsp3) is 0.304. The average molecular weight is 399 g/mol. The number of nitrogens with two attached hydrogens (primary N) is 2. The van der Waals surface area contributed by atoms with Crippen LogP contribution in [0.4, 0.5) is 0 Å². The molecule has 156 valence electrons. The standard InChI is InChI=1S/C17H16O2.2C3H7NO/c18-11-16(19)9-15-7-3-6-14-8-12-4-1-2-5-13(12)10-17(14)15;2*1-2-3(4)5/h1-8,10,16,18-19H,9,11H2;2*2H2,1H3,(H2,4,5). The van der Waals surface area contributed by atoms with Gasteiger partial charge in [-0.15, -0.1) is 0 Å². The van der Waals surface area contributed by atoms with Gasteiger partial charge in [-0.2, -0.15) is 0 Å². The highest BCUT2D eigenvalue weighted by molar-refractivity contribution is 5.99. The van der Waals surface area contributed by atoms with Crippen LogP contribution in [0, 0.1) is 0 Å². The van der Waals surface area contributed by atoms with Crippen LogP contribution in [0.25, 0.3) is 21.5 Å². The molecular formula is C23H30N2O4. The van der Waals surface area contributed by atoms with Crippen LogP contribution in [-0.4, -0.2) is 34.7 Å². The van der Waals surface area contributed by atoms with Crippen molar-refractivity contribution in [2.45, 2.75) is 39.2 Å². The van der Waals surface area contributed by atoms with Crippen LogP contribution in [0.15, 0.2) is 54.6 Å². The third-order valence-electron chi connectivity index (χ3n) is 4.20. The molecule has 0 saturated heterocycles. The van der Waals surface area contributed by atoms with E-state index in [-0.39, 0.29) is 18.4 Å². The molecule has 2 amide bonds. The Bertz CT molecular complexity index is 926. The van der Waals surface area contributed by atoms with Crippen molar-refractivity contribution in [1.82, 2.24) is 0 Å². The first-order chi connectivity index (χ1) is 13.8. The zero-order valence-corrected chi connectivity index (χ0v) is 17.0. The Labute approximate surface area is 171 Å². The molecule has 0 radical (unpaired) electrons. The van der Waals surface area contributed by atoms with Gasteiger partial charge in [-0.3, -0.25) is 9.59 Å². The SMILES string of the molecule is CCC(N)=O.CCC(N)=O.OCC(O)Cc1cccc2cc3ccccc3cc12. The minimum Gasteiger partial charge on any atom is -0.394 e. The summed E-state index contributed by atoms with van der Waals surface area (Å²) in [5.74, 6) is -0.491. The van der Waals surface area contributed by atoms with E-state index in [9.17, 15) is 14.7 Å². The molecule has 0 spiro atoms. The van der Waals surface area contributed by atoms with Crippen molar-refractivity contribution < 1.29 is 19.8 Å². The van der Waals surface area contributed by atoms with Gasteiger partial charge in [0.15, 0.2) is 0 Å². The minimum atomic E-state index is -0.697. The smallest absolute Gasteiger partial charge is 0.217 e. The number of carbonyl (C=O) groups is 2. The number of hydrogen-bond donors (Lipinski definition) is 4. The number of aliphatic hydroxyl groups is 2. The molecule has 3 rings (SSSR count). The number of aliphatic hydroxyl groups excluding tert-OH is 2. The molecule has 0 aromatic heterocycles. The van der Waals surface area contributed by atoms with Crippen molar-refractivity contribution in [2.75, 3.05) is 6.61 Å². The van der Waals surface area contributed by atoms with Gasteiger partial charge >= 0.3 is 0 Å². The second kappa shape index (κ2) is 12.5. The Morgan fingerprint density at radius 2 is 1.34 bits per heavy atom. The van der Waals surface area contributed by atoms with Gasteiger partial charge in [0.25, 0.3) is 0 Å². The van der Waals surface area contributed by atoms with Gasteiger partial charge in [-0.1, -0.05) is 56.3 Å². The maximum atomic E-state index is 9.63. The number of primary amides is 2. The van der Waals surface area contributed by atoms with E-state index in [0.29, 0.717) is 19.3 Å². The quantitative estimate of drug-likeness (QED) is 0.493. The van der Waals surface area contributed by atoms with Gasteiger partial charge in [0.2, 0.25) is 11.8 Å². The molecule has 3 aromatic rings. The Morgan fingerprint density at radius 1 is 0.862 bits per heavy atom. The number of fused-ring (bicyclic) bond motifs is 2. The lowest BCUT2D eigenvalue weighted by molar-refractivity contribution is -0.118. The molecule has 6 nitrogen and oxygen atoms in total. The fourth-order valence-electron chi connectivity index (χ4n) is 2.53. The molecule has 0 saturated carbocycles. The topological polar surface area (TPSA) is 127 Å². The second-order valence-corrected chi connectivity index (χ2v) is 6.52. The molecule has 1 unspecified atom stereocenters. The summed E-state index contributed by atoms with van der Waals surface area (Å²) in [6.07, 6.45) is 0.670. The summed E-state index contributed by atoms with van der Waals surface area (Å²) in [5.41, 5.74) is 10.4. The summed E-state index contributed by atoms with van der Waals surface area (Å²) in [5, 5.41) is 23.4. The van der Waals surface area contributed by atoms with E-state index in [4.69, 9.17) is 5.11 Å². The van der Waals surface area contributed by atoms with E-state index in [2.05, 4.69) is 41.8 Å². The summed E-state index contributed by atoms with van der Waals surface area (Å²) >= 11 is 0. The lowest BCUT2D eigenvalue weighted by Crippen LogP contribution is -2.15. The predicted octanol–water partition coefficient (Wildman–Crippen LogP) is 2.65. The highest BCUT2D eigenvalue weighted by Crippen LogP contribution is 2.26. The Hall–Kier alpha value is -2.96. The maximum absolute atomic E-state index is 9.63. The molecule has 29 heavy (non-hydrogen) atoms. The van der Waals surface area contributed by atoms with Crippen LogP contribution in [0.2, 0.25) is 0 Å². The minimum absolute atomic E-state index is 0.204. The zero-order chi connectivity index (χ0) is 21.8. The summed E-state index contributed by atoms with van der Waals surface area (Å²) in [6, 6.07) is 18.7. The van der Waals surface area contributed by atoms with E-state index < -0.39 is 6.10 Å². The van der Waals surface area contributed by atoms with E-state index in [1.54, 1.807) is 13.8 Å².